The molecule has 0 amide bonds. The van der Waals surface area contributed by atoms with Gasteiger partial charge in [-0.25, -0.2) is 5.48 Å². The molecule has 0 aromatic heterocycles. The third-order valence-corrected chi connectivity index (χ3v) is 3.05. The van der Waals surface area contributed by atoms with Crippen LogP contribution < -0.4 is 5.48 Å². The van der Waals surface area contributed by atoms with Gasteiger partial charge in [-0.05, 0) is 36.0 Å². The van der Waals surface area contributed by atoms with E-state index in [-0.39, 0.29) is 0 Å². The molecule has 2 rings (SSSR count). The maximum atomic E-state index is 8.54. The largest absolute Gasteiger partial charge is 0.316 e. The van der Waals surface area contributed by atoms with Crippen LogP contribution in [-0.4, -0.2) is 5.21 Å². The van der Waals surface area contributed by atoms with E-state index in [1.54, 1.807) is 0 Å². The number of benzene rings is 1. The first-order valence-corrected chi connectivity index (χ1v) is 5.26. The molecule has 70 valence electrons. The lowest BCUT2D eigenvalue weighted by molar-refractivity contribution is 0.161. The Labute approximate surface area is 86.1 Å². The molecular formula is C10H12BrNO. The van der Waals surface area contributed by atoms with Gasteiger partial charge in [0, 0.05) is 11.0 Å². The maximum absolute atomic E-state index is 8.54. The fourth-order valence-electron chi connectivity index (χ4n) is 1.50. The highest BCUT2D eigenvalue weighted by atomic mass is 79.9. The van der Waals surface area contributed by atoms with Gasteiger partial charge in [-0.3, -0.25) is 0 Å². The predicted octanol–water partition coefficient (Wildman–Crippen LogP) is 2.81. The van der Waals surface area contributed by atoms with Crippen molar-refractivity contribution in [2.45, 2.75) is 25.3 Å². The van der Waals surface area contributed by atoms with Gasteiger partial charge in [0.05, 0.1) is 0 Å². The van der Waals surface area contributed by atoms with Crippen LogP contribution >= 0.6 is 15.9 Å². The van der Waals surface area contributed by atoms with E-state index in [4.69, 9.17) is 5.21 Å². The molecule has 1 aromatic rings. The van der Waals surface area contributed by atoms with Crippen LogP contribution in [0.1, 0.15) is 29.9 Å². The molecule has 2 N–H and O–H groups in total. The van der Waals surface area contributed by atoms with Crippen LogP contribution in [0, 0.1) is 0 Å². The predicted molar refractivity (Wildman–Crippen MR) is 54.7 cm³/mol. The Balaban J connectivity index is 2.21. The van der Waals surface area contributed by atoms with Crippen molar-refractivity contribution in [3.8, 4) is 0 Å². The van der Waals surface area contributed by atoms with E-state index in [1.807, 2.05) is 0 Å². The minimum Gasteiger partial charge on any atom is -0.316 e. The van der Waals surface area contributed by atoms with Crippen LogP contribution in [-0.2, 0) is 6.54 Å². The van der Waals surface area contributed by atoms with Crippen molar-refractivity contribution in [3.63, 3.8) is 0 Å². The van der Waals surface area contributed by atoms with Gasteiger partial charge in [-0.1, -0.05) is 28.1 Å². The second-order valence-electron chi connectivity index (χ2n) is 3.47. The molecular weight excluding hydrogens is 230 g/mol. The highest BCUT2D eigenvalue weighted by molar-refractivity contribution is 9.10. The SMILES string of the molecule is ONCc1ccc(C2CC2)c(Br)c1. The summed E-state index contributed by atoms with van der Waals surface area (Å²) >= 11 is 3.55. The molecule has 1 fully saturated rings. The molecule has 13 heavy (non-hydrogen) atoms. The van der Waals surface area contributed by atoms with Crippen molar-refractivity contribution in [1.82, 2.24) is 5.48 Å². The zero-order chi connectivity index (χ0) is 9.26. The molecule has 0 aliphatic heterocycles. The molecule has 0 bridgehead atoms. The third kappa shape index (κ3) is 2.10. The molecule has 0 unspecified atom stereocenters. The Hall–Kier alpha value is -0.380. The number of nitrogens with one attached hydrogen (secondary N) is 1. The Morgan fingerprint density at radius 3 is 2.77 bits per heavy atom. The van der Waals surface area contributed by atoms with Crippen molar-refractivity contribution < 1.29 is 5.21 Å². The second-order valence-corrected chi connectivity index (χ2v) is 4.32. The Bertz CT molecular complexity index is 310. The monoisotopic (exact) mass is 241 g/mol. The van der Waals surface area contributed by atoms with Crippen LogP contribution in [0.4, 0.5) is 0 Å². The van der Waals surface area contributed by atoms with E-state index >= 15 is 0 Å². The summed E-state index contributed by atoms with van der Waals surface area (Å²) in [6.45, 7) is 0.504. The Kier molecular flexibility index (Phi) is 2.67. The summed E-state index contributed by atoms with van der Waals surface area (Å²) in [7, 11) is 0. The van der Waals surface area contributed by atoms with E-state index in [0.717, 1.165) is 11.5 Å². The first-order chi connectivity index (χ1) is 6.31. The van der Waals surface area contributed by atoms with Gasteiger partial charge in [0.15, 0.2) is 0 Å². The molecule has 0 heterocycles. The van der Waals surface area contributed by atoms with Gasteiger partial charge in [-0.15, -0.1) is 0 Å². The molecule has 3 heteroatoms. The van der Waals surface area contributed by atoms with Gasteiger partial charge < -0.3 is 5.21 Å². The lowest BCUT2D eigenvalue weighted by Crippen LogP contribution is -2.05. The molecule has 1 aliphatic rings. The van der Waals surface area contributed by atoms with E-state index in [2.05, 4.69) is 39.6 Å². The van der Waals surface area contributed by atoms with Crippen molar-refractivity contribution >= 4 is 15.9 Å². The average Bonchev–Trinajstić information content (AvgIpc) is 2.88. The number of hydrogen-bond acceptors (Lipinski definition) is 2. The number of rotatable bonds is 3. The summed E-state index contributed by atoms with van der Waals surface area (Å²) in [4.78, 5) is 0. The Morgan fingerprint density at radius 2 is 2.23 bits per heavy atom. The summed E-state index contributed by atoms with van der Waals surface area (Å²) in [5.74, 6) is 0.769. The molecule has 0 spiro atoms. The summed E-state index contributed by atoms with van der Waals surface area (Å²) in [6.07, 6.45) is 2.63. The van der Waals surface area contributed by atoms with Crippen LogP contribution in [0.25, 0.3) is 0 Å². The van der Waals surface area contributed by atoms with Crippen molar-refractivity contribution in [3.05, 3.63) is 33.8 Å². The van der Waals surface area contributed by atoms with Gasteiger partial charge in [0.1, 0.15) is 0 Å². The molecule has 2 nitrogen and oxygen atoms in total. The summed E-state index contributed by atoms with van der Waals surface area (Å²) in [5.41, 5.74) is 4.66. The average molecular weight is 242 g/mol. The number of halogens is 1. The third-order valence-electron chi connectivity index (χ3n) is 2.37. The highest BCUT2D eigenvalue weighted by Gasteiger charge is 2.25. The zero-order valence-corrected chi connectivity index (χ0v) is 8.84. The van der Waals surface area contributed by atoms with Crippen LogP contribution in [0.5, 0.6) is 0 Å². The maximum Gasteiger partial charge on any atom is 0.0458 e. The lowest BCUT2D eigenvalue weighted by atomic mass is 10.1. The molecule has 0 atom stereocenters. The number of hydroxylamine groups is 1. The van der Waals surface area contributed by atoms with E-state index in [1.165, 1.54) is 22.9 Å². The van der Waals surface area contributed by atoms with Crippen LogP contribution in [0.2, 0.25) is 0 Å². The van der Waals surface area contributed by atoms with Gasteiger partial charge in [0.25, 0.3) is 0 Å². The first-order valence-electron chi connectivity index (χ1n) is 4.46. The first kappa shape index (κ1) is 9.19. The van der Waals surface area contributed by atoms with E-state index < -0.39 is 0 Å². The van der Waals surface area contributed by atoms with Gasteiger partial charge >= 0.3 is 0 Å². The summed E-state index contributed by atoms with van der Waals surface area (Å²) < 4.78 is 1.17. The molecule has 1 aliphatic carbocycles. The van der Waals surface area contributed by atoms with E-state index in [9.17, 15) is 0 Å². The standard InChI is InChI=1S/C10H12BrNO/c11-10-5-7(6-12-13)1-4-9(10)8-2-3-8/h1,4-5,8,12-13H,2-3,6H2. The normalized spacial score (nSPS) is 16.2. The molecule has 0 saturated heterocycles. The number of hydrogen-bond donors (Lipinski definition) is 2. The molecule has 1 saturated carbocycles. The minimum absolute atomic E-state index is 0.504. The summed E-state index contributed by atoms with van der Waals surface area (Å²) in [6, 6.07) is 6.27. The smallest absolute Gasteiger partial charge is 0.0458 e. The van der Waals surface area contributed by atoms with E-state index in [0.29, 0.717) is 6.54 Å². The van der Waals surface area contributed by atoms with Crippen molar-refractivity contribution in [2.24, 2.45) is 0 Å². The molecule has 0 radical (unpaired) electrons. The second kappa shape index (κ2) is 3.78. The van der Waals surface area contributed by atoms with Gasteiger partial charge in [-0.2, -0.15) is 0 Å². The zero-order valence-electron chi connectivity index (χ0n) is 7.26. The topological polar surface area (TPSA) is 32.3 Å². The highest BCUT2D eigenvalue weighted by Crippen LogP contribution is 2.43. The fraction of sp³-hybridized carbons (Fsp3) is 0.400. The van der Waals surface area contributed by atoms with Crippen molar-refractivity contribution in [2.75, 3.05) is 0 Å². The Morgan fingerprint density at radius 1 is 1.46 bits per heavy atom. The quantitative estimate of drug-likeness (QED) is 0.799. The van der Waals surface area contributed by atoms with Crippen LogP contribution in [0.3, 0.4) is 0 Å². The van der Waals surface area contributed by atoms with Crippen molar-refractivity contribution in [1.29, 1.82) is 0 Å². The minimum atomic E-state index is 0.504. The fourth-order valence-corrected chi connectivity index (χ4v) is 2.25. The summed E-state index contributed by atoms with van der Waals surface area (Å²) in [5, 5.41) is 8.54. The molecule has 1 aromatic carbocycles. The van der Waals surface area contributed by atoms with Crippen LogP contribution in [0.15, 0.2) is 22.7 Å². The van der Waals surface area contributed by atoms with Gasteiger partial charge in [0.2, 0.25) is 0 Å². The lowest BCUT2D eigenvalue weighted by Gasteiger charge is -2.05.